The zero-order valence-electron chi connectivity index (χ0n) is 10.00. The fourth-order valence-corrected chi connectivity index (χ4v) is 2.60. The van der Waals surface area contributed by atoms with Crippen LogP contribution in [0.5, 0.6) is 0 Å². The Bertz CT molecular complexity index is 384. The molecular formula is C14H18F2O. The van der Waals surface area contributed by atoms with E-state index in [1.165, 1.54) is 0 Å². The van der Waals surface area contributed by atoms with E-state index < -0.39 is 17.7 Å². The molecular weight excluding hydrogens is 222 g/mol. The van der Waals surface area contributed by atoms with Gasteiger partial charge in [-0.2, -0.15) is 0 Å². The topological polar surface area (TPSA) is 20.2 Å². The van der Waals surface area contributed by atoms with Crippen molar-refractivity contribution >= 4 is 0 Å². The zero-order chi connectivity index (χ0) is 12.4. The van der Waals surface area contributed by atoms with Crippen LogP contribution in [0.25, 0.3) is 0 Å². The molecule has 0 heterocycles. The molecule has 0 spiro atoms. The molecule has 1 N–H and O–H groups in total. The second-order valence-electron chi connectivity index (χ2n) is 5.13. The SMILES string of the molecule is CC1CCC(C(O)c2cc(F)ccc2F)CC1. The van der Waals surface area contributed by atoms with Crippen molar-refractivity contribution in [1.29, 1.82) is 0 Å². The molecule has 1 nitrogen and oxygen atoms in total. The van der Waals surface area contributed by atoms with E-state index in [0.29, 0.717) is 5.92 Å². The van der Waals surface area contributed by atoms with Crippen LogP contribution in [0.2, 0.25) is 0 Å². The molecule has 1 aliphatic rings. The quantitative estimate of drug-likeness (QED) is 0.833. The van der Waals surface area contributed by atoms with E-state index >= 15 is 0 Å². The molecule has 0 bridgehead atoms. The Labute approximate surface area is 100 Å². The first-order valence-corrected chi connectivity index (χ1v) is 6.21. The fourth-order valence-electron chi connectivity index (χ4n) is 2.60. The minimum absolute atomic E-state index is 0.0579. The van der Waals surface area contributed by atoms with Crippen LogP contribution in [0.15, 0.2) is 18.2 Å². The summed E-state index contributed by atoms with van der Waals surface area (Å²) < 4.78 is 26.6. The van der Waals surface area contributed by atoms with Crippen LogP contribution >= 0.6 is 0 Å². The average Bonchev–Trinajstić information content (AvgIpc) is 2.32. The van der Waals surface area contributed by atoms with Gasteiger partial charge in [0.2, 0.25) is 0 Å². The molecule has 17 heavy (non-hydrogen) atoms. The van der Waals surface area contributed by atoms with Crippen LogP contribution in [0, 0.1) is 23.5 Å². The van der Waals surface area contributed by atoms with Crippen molar-refractivity contribution in [3.63, 3.8) is 0 Å². The van der Waals surface area contributed by atoms with E-state index in [9.17, 15) is 13.9 Å². The molecule has 1 atom stereocenters. The summed E-state index contributed by atoms with van der Waals surface area (Å²) in [4.78, 5) is 0. The van der Waals surface area contributed by atoms with Gasteiger partial charge in [0.1, 0.15) is 11.6 Å². The van der Waals surface area contributed by atoms with Crippen molar-refractivity contribution in [3.05, 3.63) is 35.4 Å². The third-order valence-corrected chi connectivity index (χ3v) is 3.78. The van der Waals surface area contributed by atoms with Gasteiger partial charge in [-0.3, -0.25) is 0 Å². The minimum Gasteiger partial charge on any atom is -0.388 e. The molecule has 1 fully saturated rings. The predicted molar refractivity (Wildman–Crippen MR) is 62.4 cm³/mol. The van der Waals surface area contributed by atoms with Gasteiger partial charge in [0.25, 0.3) is 0 Å². The first-order chi connectivity index (χ1) is 8.08. The van der Waals surface area contributed by atoms with Crippen LogP contribution in [-0.2, 0) is 0 Å². The van der Waals surface area contributed by atoms with Gasteiger partial charge in [-0.25, -0.2) is 8.78 Å². The maximum Gasteiger partial charge on any atom is 0.129 e. The number of rotatable bonds is 2. The normalized spacial score (nSPS) is 26.8. The largest absolute Gasteiger partial charge is 0.388 e. The summed E-state index contributed by atoms with van der Waals surface area (Å²) >= 11 is 0. The third-order valence-electron chi connectivity index (χ3n) is 3.78. The summed E-state index contributed by atoms with van der Waals surface area (Å²) in [7, 11) is 0. The van der Waals surface area contributed by atoms with Crippen LogP contribution in [-0.4, -0.2) is 5.11 Å². The Morgan fingerprint density at radius 1 is 1.18 bits per heavy atom. The number of hydrogen-bond acceptors (Lipinski definition) is 1. The van der Waals surface area contributed by atoms with Gasteiger partial charge in [0.15, 0.2) is 0 Å². The Balaban J connectivity index is 2.13. The summed E-state index contributed by atoms with van der Waals surface area (Å²) in [6, 6.07) is 3.27. The Morgan fingerprint density at radius 2 is 1.82 bits per heavy atom. The van der Waals surface area contributed by atoms with Gasteiger partial charge in [-0.15, -0.1) is 0 Å². The molecule has 1 aliphatic carbocycles. The Hall–Kier alpha value is -0.960. The summed E-state index contributed by atoms with van der Waals surface area (Å²) in [6.07, 6.45) is 3.01. The monoisotopic (exact) mass is 240 g/mol. The zero-order valence-corrected chi connectivity index (χ0v) is 10.00. The molecule has 3 heteroatoms. The van der Waals surface area contributed by atoms with Gasteiger partial charge in [-0.1, -0.05) is 19.8 Å². The average molecular weight is 240 g/mol. The summed E-state index contributed by atoms with van der Waals surface area (Å²) in [5, 5.41) is 10.1. The maximum atomic E-state index is 13.5. The van der Waals surface area contributed by atoms with Crippen molar-refractivity contribution in [3.8, 4) is 0 Å². The Morgan fingerprint density at radius 3 is 2.47 bits per heavy atom. The number of benzene rings is 1. The molecule has 0 aliphatic heterocycles. The first-order valence-electron chi connectivity index (χ1n) is 6.21. The molecule has 1 saturated carbocycles. The van der Waals surface area contributed by atoms with Gasteiger partial charge in [0, 0.05) is 5.56 Å². The molecule has 94 valence electrons. The highest BCUT2D eigenvalue weighted by Crippen LogP contribution is 2.37. The van der Waals surface area contributed by atoms with E-state index in [0.717, 1.165) is 43.9 Å². The summed E-state index contributed by atoms with van der Waals surface area (Å²) in [6.45, 7) is 2.19. The molecule has 1 aromatic carbocycles. The lowest BCUT2D eigenvalue weighted by atomic mass is 9.78. The van der Waals surface area contributed by atoms with Gasteiger partial charge < -0.3 is 5.11 Å². The molecule has 1 unspecified atom stereocenters. The number of halogens is 2. The highest BCUT2D eigenvalue weighted by atomic mass is 19.1. The van der Waals surface area contributed by atoms with E-state index in [1.807, 2.05) is 0 Å². The van der Waals surface area contributed by atoms with E-state index in [1.54, 1.807) is 0 Å². The molecule has 0 amide bonds. The fraction of sp³-hybridized carbons (Fsp3) is 0.571. The smallest absolute Gasteiger partial charge is 0.129 e. The van der Waals surface area contributed by atoms with Gasteiger partial charge in [-0.05, 0) is 42.9 Å². The first kappa shape index (κ1) is 12.5. The number of hydrogen-bond donors (Lipinski definition) is 1. The van der Waals surface area contributed by atoms with Crippen LogP contribution < -0.4 is 0 Å². The van der Waals surface area contributed by atoms with Crippen molar-refractivity contribution in [2.75, 3.05) is 0 Å². The van der Waals surface area contributed by atoms with Crippen LogP contribution in [0.4, 0.5) is 8.78 Å². The molecule has 0 radical (unpaired) electrons. The predicted octanol–water partition coefficient (Wildman–Crippen LogP) is 3.82. The van der Waals surface area contributed by atoms with E-state index in [2.05, 4.69) is 6.92 Å². The van der Waals surface area contributed by atoms with Crippen molar-refractivity contribution in [2.45, 2.75) is 38.7 Å². The van der Waals surface area contributed by atoms with E-state index in [-0.39, 0.29) is 11.5 Å². The Kier molecular flexibility index (Phi) is 3.77. The lowest BCUT2D eigenvalue weighted by molar-refractivity contribution is 0.0723. The van der Waals surface area contributed by atoms with Crippen LogP contribution in [0.3, 0.4) is 0 Å². The summed E-state index contributed by atoms with van der Waals surface area (Å²) in [5.41, 5.74) is 0.101. The molecule has 0 aromatic heterocycles. The lowest BCUT2D eigenvalue weighted by Crippen LogP contribution is -2.20. The van der Waals surface area contributed by atoms with Crippen molar-refractivity contribution in [1.82, 2.24) is 0 Å². The molecule has 0 saturated heterocycles. The van der Waals surface area contributed by atoms with E-state index in [4.69, 9.17) is 0 Å². The van der Waals surface area contributed by atoms with Crippen LogP contribution in [0.1, 0.15) is 44.3 Å². The van der Waals surface area contributed by atoms with Crippen molar-refractivity contribution in [2.24, 2.45) is 11.8 Å². The second-order valence-corrected chi connectivity index (χ2v) is 5.13. The number of aliphatic hydroxyl groups is 1. The highest BCUT2D eigenvalue weighted by Gasteiger charge is 2.27. The van der Waals surface area contributed by atoms with Crippen molar-refractivity contribution < 1.29 is 13.9 Å². The maximum absolute atomic E-state index is 13.5. The third kappa shape index (κ3) is 2.83. The standard InChI is InChI=1S/C14H18F2O/c1-9-2-4-10(5-3-9)14(17)12-8-11(15)6-7-13(12)16/h6-10,14,17H,2-5H2,1H3. The highest BCUT2D eigenvalue weighted by molar-refractivity contribution is 5.21. The van der Waals surface area contributed by atoms with Gasteiger partial charge >= 0.3 is 0 Å². The summed E-state index contributed by atoms with van der Waals surface area (Å²) in [5.74, 6) is -0.277. The number of aliphatic hydroxyl groups excluding tert-OH is 1. The van der Waals surface area contributed by atoms with Gasteiger partial charge in [0.05, 0.1) is 6.10 Å². The molecule has 1 aromatic rings. The second kappa shape index (κ2) is 5.13. The lowest BCUT2D eigenvalue weighted by Gasteiger charge is -2.30. The minimum atomic E-state index is -0.877. The molecule has 2 rings (SSSR count).